The molecule has 0 saturated heterocycles. The van der Waals surface area contributed by atoms with Gasteiger partial charge >= 0.3 is 5.97 Å². The number of pyridine rings is 1. The molecule has 2 aliphatic heterocycles. The van der Waals surface area contributed by atoms with Crippen molar-refractivity contribution in [3.8, 4) is 0 Å². The van der Waals surface area contributed by atoms with Crippen LogP contribution >= 0.6 is 11.6 Å². The maximum atomic E-state index is 14.8. The Labute approximate surface area is 169 Å². The Morgan fingerprint density at radius 1 is 1.24 bits per heavy atom. The first-order valence-corrected chi connectivity index (χ1v) is 9.38. The molecule has 1 aliphatic carbocycles. The molecule has 1 aromatic carbocycles. The summed E-state index contributed by atoms with van der Waals surface area (Å²) in [6.07, 6.45) is 4.73. The van der Waals surface area contributed by atoms with Crippen LogP contribution in [0.4, 0.5) is 10.2 Å². The van der Waals surface area contributed by atoms with Gasteiger partial charge in [-0.15, -0.1) is 0 Å². The lowest BCUT2D eigenvalue weighted by molar-refractivity contribution is 0.0694. The molecule has 0 spiro atoms. The number of azo groups is 1. The summed E-state index contributed by atoms with van der Waals surface area (Å²) in [7, 11) is 0. The number of halogens is 2. The van der Waals surface area contributed by atoms with E-state index in [0.717, 1.165) is 24.5 Å². The predicted molar refractivity (Wildman–Crippen MR) is 106 cm³/mol. The van der Waals surface area contributed by atoms with Gasteiger partial charge < -0.3 is 14.6 Å². The van der Waals surface area contributed by atoms with Gasteiger partial charge in [-0.05, 0) is 31.1 Å². The Bertz CT molecular complexity index is 1200. The van der Waals surface area contributed by atoms with Crippen LogP contribution in [0.2, 0.25) is 5.02 Å². The largest absolute Gasteiger partial charge is 0.477 e. The van der Waals surface area contributed by atoms with E-state index < -0.39 is 23.4 Å². The molecule has 3 aliphatic rings. The topological polar surface area (TPSA) is 87.3 Å². The lowest BCUT2D eigenvalue weighted by atomic mass is 10.0. The van der Waals surface area contributed by atoms with Crippen molar-refractivity contribution in [2.24, 2.45) is 10.2 Å². The van der Waals surface area contributed by atoms with E-state index >= 15 is 0 Å². The molecule has 0 bridgehead atoms. The van der Waals surface area contributed by atoms with E-state index in [4.69, 9.17) is 11.6 Å². The Morgan fingerprint density at radius 2 is 1.97 bits per heavy atom. The maximum absolute atomic E-state index is 14.8. The van der Waals surface area contributed by atoms with Gasteiger partial charge in [0.05, 0.1) is 5.56 Å². The van der Waals surface area contributed by atoms with E-state index in [-0.39, 0.29) is 17.2 Å². The first kappa shape index (κ1) is 17.8. The Kier molecular flexibility index (Phi) is 3.92. The van der Waals surface area contributed by atoms with Crippen LogP contribution in [-0.2, 0) is 0 Å². The van der Waals surface area contributed by atoms with Crippen molar-refractivity contribution in [2.75, 3.05) is 4.90 Å². The summed E-state index contributed by atoms with van der Waals surface area (Å²) in [4.78, 5) is 25.8. The monoisotopic (exact) mass is 412 g/mol. The van der Waals surface area contributed by atoms with E-state index in [1.807, 2.05) is 0 Å². The molecular weight excluding hydrogens is 399 g/mol. The summed E-state index contributed by atoms with van der Waals surface area (Å²) in [6.45, 7) is 0. The van der Waals surface area contributed by atoms with E-state index in [2.05, 4.69) is 10.2 Å². The van der Waals surface area contributed by atoms with Crippen molar-refractivity contribution in [1.29, 1.82) is 0 Å². The molecule has 3 heterocycles. The van der Waals surface area contributed by atoms with Gasteiger partial charge in [-0.1, -0.05) is 23.7 Å². The van der Waals surface area contributed by atoms with Crippen molar-refractivity contribution in [1.82, 2.24) is 4.57 Å². The van der Waals surface area contributed by atoms with Crippen molar-refractivity contribution < 1.29 is 14.3 Å². The van der Waals surface area contributed by atoms with Gasteiger partial charge in [0.15, 0.2) is 6.17 Å². The highest BCUT2D eigenvalue weighted by Gasteiger charge is 2.38. The van der Waals surface area contributed by atoms with Gasteiger partial charge in [0.1, 0.15) is 22.9 Å². The molecule has 0 radical (unpaired) electrons. The summed E-state index contributed by atoms with van der Waals surface area (Å²) in [5, 5.41) is 18.2. The van der Waals surface area contributed by atoms with Crippen LogP contribution in [0.25, 0.3) is 11.8 Å². The second-order valence-corrected chi connectivity index (χ2v) is 7.54. The average molecular weight is 413 g/mol. The fourth-order valence-electron chi connectivity index (χ4n) is 3.56. The fraction of sp³-hybridized carbons (Fsp3) is 0.200. The smallest absolute Gasteiger partial charge is 0.341 e. The Hall–Kier alpha value is -3.26. The molecule has 7 nitrogen and oxygen atoms in total. The van der Waals surface area contributed by atoms with Crippen LogP contribution in [0.3, 0.4) is 0 Å². The summed E-state index contributed by atoms with van der Waals surface area (Å²) in [5.74, 6) is -1.58. The van der Waals surface area contributed by atoms with Crippen LogP contribution in [0.15, 0.2) is 57.5 Å². The first-order valence-electron chi connectivity index (χ1n) is 9.00. The van der Waals surface area contributed by atoms with Gasteiger partial charge in [0, 0.05) is 29.0 Å². The minimum Gasteiger partial charge on any atom is -0.477 e. The van der Waals surface area contributed by atoms with E-state index in [1.165, 1.54) is 6.20 Å². The van der Waals surface area contributed by atoms with Gasteiger partial charge in [-0.3, -0.25) is 4.79 Å². The lowest BCUT2D eigenvalue weighted by Gasteiger charge is -2.35. The van der Waals surface area contributed by atoms with Crippen LogP contribution in [0, 0.1) is 0 Å². The summed E-state index contributed by atoms with van der Waals surface area (Å²) >= 11 is 5.94. The maximum Gasteiger partial charge on any atom is 0.341 e. The molecule has 0 amide bonds. The van der Waals surface area contributed by atoms with Crippen molar-refractivity contribution in [3.05, 3.63) is 74.4 Å². The number of fused-ring (bicyclic) bond motifs is 3. The highest BCUT2D eigenvalue weighted by atomic mass is 35.5. The molecule has 9 heteroatoms. The number of anilines is 1. The molecule has 5 rings (SSSR count). The standard InChI is InChI=1S/C20H14ClFN4O3/c21-11-3-1-10(2-4-11)16-9-26-18(24-23-16)15(22)7-13-17(27)14(20(28)29)8-25(19(13)26)12-5-6-12/h1-4,7-9,12,18H,5-6H2,(H,28,29). The second kappa shape index (κ2) is 6.38. The fourth-order valence-corrected chi connectivity index (χ4v) is 3.69. The third kappa shape index (κ3) is 2.87. The van der Waals surface area contributed by atoms with Gasteiger partial charge in [0.2, 0.25) is 5.43 Å². The summed E-state index contributed by atoms with van der Waals surface area (Å²) in [5.41, 5.74) is 0.126. The lowest BCUT2D eigenvalue weighted by Crippen LogP contribution is -2.39. The average Bonchev–Trinajstić information content (AvgIpc) is 3.54. The third-order valence-corrected chi connectivity index (χ3v) is 5.38. The molecule has 1 saturated carbocycles. The quantitative estimate of drug-likeness (QED) is 0.806. The van der Waals surface area contributed by atoms with Crippen LogP contribution in [0.1, 0.15) is 40.4 Å². The SMILES string of the molecule is O=C(O)c1cn(C2CC2)c2c(c1=O)C=C(F)C1N=NC(c3ccc(Cl)cc3)=CN21. The number of carbonyl (C=O) groups is 1. The van der Waals surface area contributed by atoms with E-state index in [0.29, 0.717) is 16.5 Å². The van der Waals surface area contributed by atoms with Crippen molar-refractivity contribution >= 4 is 35.2 Å². The molecular formula is C20H14ClFN4O3. The number of benzene rings is 1. The van der Waals surface area contributed by atoms with Gasteiger partial charge in [-0.25, -0.2) is 9.18 Å². The molecule has 146 valence electrons. The molecule has 29 heavy (non-hydrogen) atoms. The number of hydrogen-bond donors (Lipinski definition) is 1. The highest BCUT2D eigenvalue weighted by Crippen LogP contribution is 2.43. The zero-order valence-corrected chi connectivity index (χ0v) is 15.7. The molecule has 2 aromatic rings. The Balaban J connectivity index is 1.72. The number of aromatic carboxylic acids is 1. The third-order valence-electron chi connectivity index (χ3n) is 5.13. The number of nitrogens with zero attached hydrogens (tertiary/aromatic N) is 4. The minimum atomic E-state index is -1.33. The second-order valence-electron chi connectivity index (χ2n) is 7.10. The Morgan fingerprint density at radius 3 is 2.62 bits per heavy atom. The number of carboxylic acid groups (broad SMARTS) is 1. The van der Waals surface area contributed by atoms with Gasteiger partial charge in [0.25, 0.3) is 0 Å². The van der Waals surface area contributed by atoms with Crippen LogP contribution in [-0.4, -0.2) is 21.8 Å². The molecule has 1 atom stereocenters. The molecule has 1 unspecified atom stereocenters. The van der Waals surface area contributed by atoms with Crippen molar-refractivity contribution in [3.63, 3.8) is 0 Å². The normalized spacial score (nSPS) is 19.9. The zero-order chi connectivity index (χ0) is 20.3. The molecule has 1 fully saturated rings. The van der Waals surface area contributed by atoms with Gasteiger partial charge in [-0.2, -0.15) is 10.2 Å². The minimum absolute atomic E-state index is 0.00866. The number of hydrogen-bond acceptors (Lipinski definition) is 5. The molecule has 1 aromatic heterocycles. The number of carboxylic acids is 1. The molecule has 1 N–H and O–H groups in total. The number of aromatic nitrogens is 1. The summed E-state index contributed by atoms with van der Waals surface area (Å²) in [6, 6.07) is 7.02. The van der Waals surface area contributed by atoms with Crippen molar-refractivity contribution in [2.45, 2.75) is 25.0 Å². The van der Waals surface area contributed by atoms with E-state index in [1.54, 1.807) is 39.9 Å². The number of rotatable bonds is 3. The van der Waals surface area contributed by atoms with Crippen LogP contribution in [0.5, 0.6) is 0 Å². The zero-order valence-electron chi connectivity index (χ0n) is 14.9. The first-order chi connectivity index (χ1) is 13.9. The summed E-state index contributed by atoms with van der Waals surface area (Å²) < 4.78 is 16.5. The highest BCUT2D eigenvalue weighted by molar-refractivity contribution is 6.30. The van der Waals surface area contributed by atoms with Crippen LogP contribution < -0.4 is 10.3 Å². The van der Waals surface area contributed by atoms with E-state index in [9.17, 15) is 19.1 Å². The predicted octanol–water partition coefficient (Wildman–Crippen LogP) is 4.46.